The van der Waals surface area contributed by atoms with Crippen LogP contribution in [0.3, 0.4) is 0 Å². The molecule has 1 rings (SSSR count). The highest BCUT2D eigenvalue weighted by molar-refractivity contribution is 5.83. The van der Waals surface area contributed by atoms with Gasteiger partial charge in [-0.25, -0.2) is 10.2 Å². The molecule has 1 aromatic carbocycles. The predicted molar refractivity (Wildman–Crippen MR) is 69.9 cm³/mol. The first-order valence-corrected chi connectivity index (χ1v) is 5.64. The number of carbonyl (C=O) groups is 2. The van der Waals surface area contributed by atoms with Crippen LogP contribution in [0.4, 0.5) is 0 Å². The number of esters is 1. The Labute approximate surface area is 115 Å². The van der Waals surface area contributed by atoms with E-state index in [1.165, 1.54) is 13.3 Å². The molecule has 104 valence electrons. The van der Waals surface area contributed by atoms with Crippen LogP contribution in [0, 0.1) is 11.3 Å². The van der Waals surface area contributed by atoms with Gasteiger partial charge in [0.05, 0.1) is 19.4 Å². The van der Waals surface area contributed by atoms with Crippen LogP contribution in [0.15, 0.2) is 29.4 Å². The SMILES string of the molecule is COC(=O)COc1ccc(/C=N/NC(=O)CC#N)cc1. The largest absolute Gasteiger partial charge is 0.482 e. The van der Waals surface area contributed by atoms with Crippen LogP contribution in [0.1, 0.15) is 12.0 Å². The summed E-state index contributed by atoms with van der Waals surface area (Å²) in [6.07, 6.45) is 1.19. The number of benzene rings is 1. The highest BCUT2D eigenvalue weighted by atomic mass is 16.6. The number of methoxy groups -OCH3 is 1. The Balaban J connectivity index is 2.46. The normalized spacial score (nSPS) is 9.80. The van der Waals surface area contributed by atoms with Crippen LogP contribution in [0.2, 0.25) is 0 Å². The molecule has 1 aromatic rings. The van der Waals surface area contributed by atoms with E-state index in [4.69, 9.17) is 10.00 Å². The molecule has 0 aliphatic rings. The minimum absolute atomic E-state index is 0.159. The van der Waals surface area contributed by atoms with Gasteiger partial charge in [-0.15, -0.1) is 0 Å². The van der Waals surface area contributed by atoms with Gasteiger partial charge in [-0.1, -0.05) is 0 Å². The molecular formula is C13H13N3O4. The number of nitriles is 1. The third-order valence-electron chi connectivity index (χ3n) is 2.11. The monoisotopic (exact) mass is 275 g/mol. The maximum absolute atomic E-state index is 11.0. The van der Waals surface area contributed by atoms with Crippen LogP contribution >= 0.6 is 0 Å². The van der Waals surface area contributed by atoms with Gasteiger partial charge in [0.2, 0.25) is 0 Å². The smallest absolute Gasteiger partial charge is 0.343 e. The Hall–Kier alpha value is -2.88. The van der Waals surface area contributed by atoms with E-state index < -0.39 is 11.9 Å². The number of hydrogen-bond acceptors (Lipinski definition) is 6. The Morgan fingerprint density at radius 1 is 1.40 bits per heavy atom. The molecule has 0 saturated carbocycles. The molecule has 0 aromatic heterocycles. The third-order valence-corrected chi connectivity index (χ3v) is 2.11. The number of nitrogens with one attached hydrogen (secondary N) is 1. The molecule has 7 heteroatoms. The Morgan fingerprint density at radius 2 is 2.10 bits per heavy atom. The van der Waals surface area contributed by atoms with E-state index in [9.17, 15) is 9.59 Å². The van der Waals surface area contributed by atoms with Gasteiger partial charge in [-0.2, -0.15) is 10.4 Å². The second kappa shape index (κ2) is 8.26. The van der Waals surface area contributed by atoms with Crippen molar-refractivity contribution >= 4 is 18.1 Å². The van der Waals surface area contributed by atoms with Crippen LogP contribution in [-0.4, -0.2) is 31.8 Å². The first-order valence-electron chi connectivity index (χ1n) is 5.64. The molecule has 20 heavy (non-hydrogen) atoms. The summed E-state index contributed by atoms with van der Waals surface area (Å²) in [7, 11) is 1.28. The molecule has 1 N–H and O–H groups in total. The minimum Gasteiger partial charge on any atom is -0.482 e. The molecule has 0 radical (unpaired) electrons. The van der Waals surface area contributed by atoms with Crippen molar-refractivity contribution in [1.29, 1.82) is 5.26 Å². The maximum Gasteiger partial charge on any atom is 0.343 e. The zero-order chi connectivity index (χ0) is 14.8. The molecule has 0 aliphatic heterocycles. The second-order valence-electron chi connectivity index (χ2n) is 3.56. The van der Waals surface area contributed by atoms with E-state index in [1.807, 2.05) is 0 Å². The summed E-state index contributed by atoms with van der Waals surface area (Å²) in [6.45, 7) is -0.159. The molecule has 7 nitrogen and oxygen atoms in total. The molecule has 0 spiro atoms. The van der Waals surface area contributed by atoms with Crippen LogP contribution in [0.5, 0.6) is 5.75 Å². The molecule has 0 saturated heterocycles. The summed E-state index contributed by atoms with van der Waals surface area (Å²) in [5.41, 5.74) is 2.94. The van der Waals surface area contributed by atoms with Gasteiger partial charge >= 0.3 is 5.97 Å². The van der Waals surface area contributed by atoms with Gasteiger partial charge in [-0.3, -0.25) is 4.79 Å². The zero-order valence-electron chi connectivity index (χ0n) is 10.8. The average molecular weight is 275 g/mol. The van der Waals surface area contributed by atoms with Crippen LogP contribution in [0.25, 0.3) is 0 Å². The minimum atomic E-state index is -0.471. The Bertz CT molecular complexity index is 532. The fraction of sp³-hybridized carbons (Fsp3) is 0.231. The lowest BCUT2D eigenvalue weighted by atomic mass is 10.2. The number of nitrogens with zero attached hydrogens (tertiary/aromatic N) is 2. The lowest BCUT2D eigenvalue weighted by molar-refractivity contribution is -0.142. The van der Waals surface area contributed by atoms with Gasteiger partial charge in [0, 0.05) is 0 Å². The number of rotatable bonds is 6. The first kappa shape index (κ1) is 15.2. The zero-order valence-corrected chi connectivity index (χ0v) is 10.8. The van der Waals surface area contributed by atoms with Crippen molar-refractivity contribution in [3.8, 4) is 11.8 Å². The molecular weight excluding hydrogens is 262 g/mol. The molecule has 0 unspecified atom stereocenters. The van der Waals surface area contributed by atoms with Crippen molar-refractivity contribution in [3.63, 3.8) is 0 Å². The molecule has 0 heterocycles. The van der Waals surface area contributed by atoms with Gasteiger partial charge in [0.15, 0.2) is 6.61 Å². The van der Waals surface area contributed by atoms with E-state index in [2.05, 4.69) is 15.3 Å². The lowest BCUT2D eigenvalue weighted by Crippen LogP contribution is -2.16. The lowest BCUT2D eigenvalue weighted by Gasteiger charge is -2.04. The molecule has 0 fully saturated rings. The van der Waals surface area contributed by atoms with Crippen LogP contribution < -0.4 is 10.2 Å². The number of hydrazone groups is 1. The third kappa shape index (κ3) is 5.64. The standard InChI is InChI=1S/C13H13N3O4/c1-19-13(18)9-20-11-4-2-10(3-5-11)8-15-16-12(17)6-7-14/h2-5,8H,6,9H2,1H3,(H,16,17)/b15-8+. The van der Waals surface area contributed by atoms with Crippen molar-refractivity contribution in [1.82, 2.24) is 5.43 Å². The maximum atomic E-state index is 11.0. The molecule has 0 bridgehead atoms. The van der Waals surface area contributed by atoms with E-state index in [-0.39, 0.29) is 13.0 Å². The van der Waals surface area contributed by atoms with Crippen molar-refractivity contribution in [2.24, 2.45) is 5.10 Å². The van der Waals surface area contributed by atoms with E-state index in [0.717, 1.165) is 5.56 Å². The number of amides is 1. The number of ether oxygens (including phenoxy) is 2. The van der Waals surface area contributed by atoms with Gasteiger partial charge in [0.25, 0.3) is 5.91 Å². The molecule has 0 atom stereocenters. The van der Waals surface area contributed by atoms with Crippen molar-refractivity contribution in [2.45, 2.75) is 6.42 Å². The van der Waals surface area contributed by atoms with E-state index >= 15 is 0 Å². The Morgan fingerprint density at radius 3 is 2.70 bits per heavy atom. The highest BCUT2D eigenvalue weighted by Gasteiger charge is 2.01. The van der Waals surface area contributed by atoms with Gasteiger partial charge in [0.1, 0.15) is 12.2 Å². The first-order chi connectivity index (χ1) is 9.65. The van der Waals surface area contributed by atoms with E-state index in [1.54, 1.807) is 30.3 Å². The molecule has 1 amide bonds. The fourth-order valence-corrected chi connectivity index (χ4v) is 1.14. The van der Waals surface area contributed by atoms with E-state index in [0.29, 0.717) is 5.75 Å². The van der Waals surface area contributed by atoms with Crippen molar-refractivity contribution < 1.29 is 19.1 Å². The summed E-state index contributed by atoms with van der Waals surface area (Å²) >= 11 is 0. The highest BCUT2D eigenvalue weighted by Crippen LogP contribution is 2.10. The topological polar surface area (TPSA) is 101 Å². The van der Waals surface area contributed by atoms with Crippen LogP contribution in [-0.2, 0) is 14.3 Å². The molecule has 0 aliphatic carbocycles. The summed E-state index contributed by atoms with van der Waals surface area (Å²) < 4.78 is 9.61. The second-order valence-corrected chi connectivity index (χ2v) is 3.56. The summed E-state index contributed by atoms with van der Waals surface area (Å²) in [4.78, 5) is 21.8. The summed E-state index contributed by atoms with van der Waals surface area (Å²) in [5, 5.41) is 12.0. The van der Waals surface area contributed by atoms with Crippen molar-refractivity contribution in [2.75, 3.05) is 13.7 Å². The quantitative estimate of drug-likeness (QED) is 0.465. The number of hydrogen-bond donors (Lipinski definition) is 1. The van der Waals surface area contributed by atoms with Gasteiger partial charge in [-0.05, 0) is 29.8 Å². The summed E-state index contributed by atoms with van der Waals surface area (Å²) in [6, 6.07) is 8.42. The van der Waals surface area contributed by atoms with Crippen molar-refractivity contribution in [3.05, 3.63) is 29.8 Å². The predicted octanol–water partition coefficient (Wildman–Crippen LogP) is 0.602. The number of carbonyl (C=O) groups excluding carboxylic acids is 2. The summed E-state index contributed by atoms with van der Waals surface area (Å²) in [5.74, 6) is -0.418. The van der Waals surface area contributed by atoms with Gasteiger partial charge < -0.3 is 9.47 Å². The average Bonchev–Trinajstić information content (AvgIpc) is 2.46. The Kier molecular flexibility index (Phi) is 6.27. The fourth-order valence-electron chi connectivity index (χ4n) is 1.14.